The van der Waals surface area contributed by atoms with E-state index in [0.717, 1.165) is 30.4 Å². The lowest BCUT2D eigenvalue weighted by Crippen LogP contribution is -2.35. The quantitative estimate of drug-likeness (QED) is 0.808. The second kappa shape index (κ2) is 5.42. The summed E-state index contributed by atoms with van der Waals surface area (Å²) in [5.74, 6) is 1.66. The van der Waals surface area contributed by atoms with E-state index in [2.05, 4.69) is 21.8 Å². The minimum Gasteiger partial charge on any atom is -0.394 e. The smallest absolute Gasteiger partial charge is 0.136 e. The molecule has 2 rings (SSSR count). The fourth-order valence-electron chi connectivity index (χ4n) is 2.18. The van der Waals surface area contributed by atoms with E-state index in [1.807, 2.05) is 0 Å². The molecule has 0 spiro atoms. The van der Waals surface area contributed by atoms with E-state index in [1.54, 1.807) is 12.5 Å². The number of hydrogen-bond acceptors (Lipinski definition) is 5. The van der Waals surface area contributed by atoms with Crippen LogP contribution in [0.15, 0.2) is 12.5 Å². The molecule has 1 aliphatic heterocycles. The molecule has 1 saturated heterocycles. The maximum atomic E-state index is 9.15. The van der Waals surface area contributed by atoms with Crippen LogP contribution >= 0.6 is 0 Å². The maximum absolute atomic E-state index is 9.15. The normalized spacial score (nSPS) is 19.4. The van der Waals surface area contributed by atoms with Gasteiger partial charge in [-0.2, -0.15) is 0 Å². The van der Waals surface area contributed by atoms with Gasteiger partial charge in [-0.15, -0.1) is 0 Å². The van der Waals surface area contributed by atoms with Crippen LogP contribution in [0.1, 0.15) is 31.4 Å². The van der Waals surface area contributed by atoms with Crippen LogP contribution in [0.3, 0.4) is 0 Å². The lowest BCUT2D eigenvalue weighted by molar-refractivity contribution is 0.267. The summed E-state index contributed by atoms with van der Waals surface area (Å²) >= 11 is 0. The Morgan fingerprint density at radius 3 is 2.88 bits per heavy atom. The fraction of sp³-hybridized carbons (Fsp3) is 0.667. The van der Waals surface area contributed by atoms with Crippen molar-refractivity contribution in [2.45, 2.75) is 25.8 Å². The Morgan fingerprint density at radius 1 is 1.53 bits per heavy atom. The number of aromatic nitrogens is 2. The molecule has 0 radical (unpaired) electrons. The van der Waals surface area contributed by atoms with Crippen LogP contribution in [0.5, 0.6) is 0 Å². The molecule has 1 unspecified atom stereocenters. The predicted molar refractivity (Wildman–Crippen MR) is 66.7 cm³/mol. The maximum Gasteiger partial charge on any atom is 0.136 e. The number of nitrogens with two attached hydrogens (primary N) is 1. The number of rotatable bonds is 3. The average Bonchev–Trinajstić information content (AvgIpc) is 2.39. The first kappa shape index (κ1) is 12.3. The Bertz CT molecular complexity index is 363. The second-order valence-corrected chi connectivity index (χ2v) is 4.76. The van der Waals surface area contributed by atoms with Crippen molar-refractivity contribution in [3.63, 3.8) is 0 Å². The molecule has 17 heavy (non-hydrogen) atoms. The molecule has 1 atom stereocenters. The van der Waals surface area contributed by atoms with Gasteiger partial charge in [-0.1, -0.05) is 6.92 Å². The topological polar surface area (TPSA) is 75.3 Å². The molecule has 5 nitrogen and oxygen atoms in total. The molecular weight excluding hydrogens is 216 g/mol. The zero-order valence-corrected chi connectivity index (χ0v) is 10.2. The molecule has 0 bridgehead atoms. The van der Waals surface area contributed by atoms with E-state index < -0.39 is 6.04 Å². The SMILES string of the molecule is CC1CCN(c2ncncc2C(N)CO)CC1. The number of aliphatic hydroxyl groups is 1. The van der Waals surface area contributed by atoms with E-state index in [0.29, 0.717) is 0 Å². The van der Waals surface area contributed by atoms with Gasteiger partial charge in [0.2, 0.25) is 0 Å². The summed E-state index contributed by atoms with van der Waals surface area (Å²) in [7, 11) is 0. The van der Waals surface area contributed by atoms with Crippen LogP contribution in [-0.4, -0.2) is 34.8 Å². The van der Waals surface area contributed by atoms with Crippen LogP contribution < -0.4 is 10.6 Å². The minimum absolute atomic E-state index is 0.0788. The molecular formula is C12H20N4O. The van der Waals surface area contributed by atoms with Gasteiger partial charge in [0.15, 0.2) is 0 Å². The van der Waals surface area contributed by atoms with Crippen molar-refractivity contribution >= 4 is 5.82 Å². The monoisotopic (exact) mass is 236 g/mol. The summed E-state index contributed by atoms with van der Waals surface area (Å²) in [4.78, 5) is 10.6. The Labute approximate surface area is 102 Å². The van der Waals surface area contributed by atoms with E-state index in [1.165, 1.54) is 12.8 Å². The van der Waals surface area contributed by atoms with Crippen molar-refractivity contribution in [2.24, 2.45) is 11.7 Å². The Hall–Kier alpha value is -1.20. The molecule has 5 heteroatoms. The molecule has 0 amide bonds. The number of aliphatic hydroxyl groups excluding tert-OH is 1. The van der Waals surface area contributed by atoms with Crippen molar-refractivity contribution in [2.75, 3.05) is 24.6 Å². The Balaban J connectivity index is 2.19. The van der Waals surface area contributed by atoms with Crippen LogP contribution in [-0.2, 0) is 0 Å². The standard InChI is InChI=1S/C12H20N4O/c1-9-2-4-16(5-3-9)12-10(11(13)7-17)6-14-8-15-12/h6,8-9,11,17H,2-5,7,13H2,1H3. The third-order valence-corrected chi connectivity index (χ3v) is 3.40. The lowest BCUT2D eigenvalue weighted by atomic mass is 9.98. The average molecular weight is 236 g/mol. The van der Waals surface area contributed by atoms with Gasteiger partial charge in [0.25, 0.3) is 0 Å². The highest BCUT2D eigenvalue weighted by atomic mass is 16.3. The zero-order chi connectivity index (χ0) is 12.3. The first-order chi connectivity index (χ1) is 8.22. The third kappa shape index (κ3) is 2.73. The summed E-state index contributed by atoms with van der Waals surface area (Å²) in [6.45, 7) is 4.20. The summed E-state index contributed by atoms with van der Waals surface area (Å²) in [5, 5.41) is 9.15. The van der Waals surface area contributed by atoms with Crippen LogP contribution in [0.2, 0.25) is 0 Å². The first-order valence-corrected chi connectivity index (χ1v) is 6.13. The number of anilines is 1. The van der Waals surface area contributed by atoms with Gasteiger partial charge < -0.3 is 15.7 Å². The summed E-state index contributed by atoms with van der Waals surface area (Å²) in [6.07, 6.45) is 5.61. The van der Waals surface area contributed by atoms with Crippen molar-refractivity contribution in [1.29, 1.82) is 0 Å². The van der Waals surface area contributed by atoms with Gasteiger partial charge in [-0.25, -0.2) is 9.97 Å². The van der Waals surface area contributed by atoms with Crippen molar-refractivity contribution < 1.29 is 5.11 Å². The molecule has 1 aliphatic rings. The Morgan fingerprint density at radius 2 is 2.24 bits per heavy atom. The van der Waals surface area contributed by atoms with Gasteiger partial charge in [0.1, 0.15) is 12.1 Å². The zero-order valence-electron chi connectivity index (χ0n) is 10.2. The van der Waals surface area contributed by atoms with E-state index in [-0.39, 0.29) is 6.61 Å². The molecule has 2 heterocycles. The highest BCUT2D eigenvalue weighted by Crippen LogP contribution is 2.26. The lowest BCUT2D eigenvalue weighted by Gasteiger charge is -2.32. The Kier molecular flexibility index (Phi) is 3.91. The van der Waals surface area contributed by atoms with E-state index in [4.69, 9.17) is 10.8 Å². The molecule has 0 saturated carbocycles. The van der Waals surface area contributed by atoms with E-state index >= 15 is 0 Å². The predicted octanol–water partition coefficient (Wildman–Crippen LogP) is 0.705. The van der Waals surface area contributed by atoms with Gasteiger partial charge in [-0.3, -0.25) is 0 Å². The van der Waals surface area contributed by atoms with Crippen LogP contribution in [0.25, 0.3) is 0 Å². The summed E-state index contributed by atoms with van der Waals surface area (Å²) < 4.78 is 0. The molecule has 1 aromatic heterocycles. The molecule has 1 aromatic rings. The molecule has 94 valence electrons. The van der Waals surface area contributed by atoms with Gasteiger partial charge >= 0.3 is 0 Å². The van der Waals surface area contributed by atoms with Gasteiger partial charge in [0.05, 0.1) is 12.6 Å². The molecule has 0 aliphatic carbocycles. The highest BCUT2D eigenvalue weighted by Gasteiger charge is 2.21. The molecule has 1 fully saturated rings. The van der Waals surface area contributed by atoms with Crippen molar-refractivity contribution in [3.8, 4) is 0 Å². The number of piperidine rings is 1. The molecule has 3 N–H and O–H groups in total. The highest BCUT2D eigenvalue weighted by molar-refractivity contribution is 5.47. The van der Waals surface area contributed by atoms with Gasteiger partial charge in [0, 0.05) is 24.8 Å². The van der Waals surface area contributed by atoms with Crippen molar-refractivity contribution in [3.05, 3.63) is 18.1 Å². The summed E-state index contributed by atoms with van der Waals surface area (Å²) in [6, 6.07) is -0.398. The largest absolute Gasteiger partial charge is 0.394 e. The first-order valence-electron chi connectivity index (χ1n) is 6.13. The number of hydrogen-bond donors (Lipinski definition) is 2. The fourth-order valence-corrected chi connectivity index (χ4v) is 2.18. The summed E-state index contributed by atoms with van der Waals surface area (Å²) in [5.41, 5.74) is 6.71. The van der Waals surface area contributed by atoms with E-state index in [9.17, 15) is 0 Å². The third-order valence-electron chi connectivity index (χ3n) is 3.40. The number of nitrogens with zero attached hydrogens (tertiary/aromatic N) is 3. The molecule has 0 aromatic carbocycles. The minimum atomic E-state index is -0.398. The van der Waals surface area contributed by atoms with Gasteiger partial charge in [-0.05, 0) is 18.8 Å². The van der Waals surface area contributed by atoms with Crippen LogP contribution in [0, 0.1) is 5.92 Å². The van der Waals surface area contributed by atoms with Crippen LogP contribution in [0.4, 0.5) is 5.82 Å². The second-order valence-electron chi connectivity index (χ2n) is 4.76. The van der Waals surface area contributed by atoms with Crippen molar-refractivity contribution in [1.82, 2.24) is 9.97 Å².